The van der Waals surface area contributed by atoms with Crippen LogP contribution in [0.25, 0.3) is 0 Å². The third-order valence-electron chi connectivity index (χ3n) is 1.07. The average Bonchev–Trinajstić information content (AvgIpc) is 2.51. The van der Waals surface area contributed by atoms with Gasteiger partial charge in [0.25, 0.3) is 0 Å². The minimum absolute atomic E-state index is 0. The van der Waals surface area contributed by atoms with Crippen LogP contribution in [-0.2, 0) is 18.6 Å². The third-order valence-corrected chi connectivity index (χ3v) is 1.07. The topological polar surface area (TPSA) is 0 Å². The van der Waals surface area contributed by atoms with E-state index in [0.29, 0.717) is 0 Å². The van der Waals surface area contributed by atoms with E-state index in [1.807, 2.05) is 13.8 Å². The van der Waals surface area contributed by atoms with Crippen molar-refractivity contribution in [1.82, 2.24) is 0 Å². The summed E-state index contributed by atoms with van der Waals surface area (Å²) in [5.74, 6) is 0. The fraction of sp³-hybridized carbons (Fsp3) is 0.778. The fourth-order valence-corrected chi connectivity index (χ4v) is 0.722. The van der Waals surface area contributed by atoms with E-state index >= 15 is 0 Å². The van der Waals surface area contributed by atoms with Crippen LogP contribution in [0, 0.1) is 13.3 Å². The first kappa shape index (κ1) is 16.9. The van der Waals surface area contributed by atoms with Gasteiger partial charge in [-0.3, -0.25) is 0 Å². The molecule has 1 rings (SSSR count). The van der Waals surface area contributed by atoms with Crippen molar-refractivity contribution in [3.8, 4) is 0 Å². The van der Waals surface area contributed by atoms with Crippen LogP contribution in [0.4, 0.5) is 0 Å². The average molecular weight is 179 g/mol. The molecule has 0 aromatic heterocycles. The van der Waals surface area contributed by atoms with Gasteiger partial charge in [0.15, 0.2) is 0 Å². The summed E-state index contributed by atoms with van der Waals surface area (Å²) in [6.45, 7) is 9.00. The zero-order valence-corrected chi connectivity index (χ0v) is 8.96. The Labute approximate surface area is 78.7 Å². The molecule has 0 N–H and O–H groups in total. The Kier molecular flexibility index (Phi) is 38.3. The maximum Gasteiger partial charge on any atom is 2.00 e. The zero-order chi connectivity index (χ0) is 7.54. The van der Waals surface area contributed by atoms with Crippen LogP contribution in [0.3, 0.4) is 0 Å². The molecule has 1 aliphatic carbocycles. The first-order valence-corrected chi connectivity index (χ1v) is 4.02. The van der Waals surface area contributed by atoms with Gasteiger partial charge in [-0.05, 0) is 0 Å². The molecule has 61 valence electrons. The van der Waals surface area contributed by atoms with Crippen molar-refractivity contribution in [3.05, 3.63) is 13.3 Å². The van der Waals surface area contributed by atoms with Gasteiger partial charge in [-0.15, -0.1) is 0 Å². The molecule has 0 bridgehead atoms. The summed E-state index contributed by atoms with van der Waals surface area (Å²) >= 11 is 0. The van der Waals surface area contributed by atoms with Gasteiger partial charge in [0, 0.05) is 0 Å². The SMILES string of the molecule is CC.[CH-]1CCCC1.[CH2-]C.[V+2]. The summed E-state index contributed by atoms with van der Waals surface area (Å²) in [7, 11) is 0. The molecule has 1 radical (unpaired) electrons. The van der Waals surface area contributed by atoms with E-state index in [4.69, 9.17) is 0 Å². The van der Waals surface area contributed by atoms with Gasteiger partial charge in [-0.25, -0.2) is 0 Å². The van der Waals surface area contributed by atoms with Crippen molar-refractivity contribution in [2.75, 3.05) is 0 Å². The predicted molar refractivity (Wildman–Crippen MR) is 45.1 cm³/mol. The molecule has 0 unspecified atom stereocenters. The second kappa shape index (κ2) is 22.6. The first-order valence-electron chi connectivity index (χ1n) is 4.02. The van der Waals surface area contributed by atoms with Gasteiger partial charge in [0.1, 0.15) is 0 Å². The Bertz CT molecular complexity index is 16.3. The maximum atomic E-state index is 3.25. The molecular formula is C9H20V. The van der Waals surface area contributed by atoms with Crippen LogP contribution in [0.1, 0.15) is 46.5 Å². The van der Waals surface area contributed by atoms with Crippen molar-refractivity contribution in [2.24, 2.45) is 0 Å². The summed E-state index contributed by atoms with van der Waals surface area (Å²) < 4.78 is 0. The van der Waals surface area contributed by atoms with E-state index in [9.17, 15) is 0 Å². The van der Waals surface area contributed by atoms with Gasteiger partial charge < -0.3 is 13.3 Å². The standard InChI is InChI=1S/C5H9.C2H6.C2H5.V/c1-2-4-5-3-1;2*1-2;/h1H,2-5H2;1-2H3;1H2,2H3;/q-1;;-1;+2. The van der Waals surface area contributed by atoms with Crippen molar-refractivity contribution in [3.63, 3.8) is 0 Å². The molecular weight excluding hydrogens is 159 g/mol. The molecule has 1 fully saturated rings. The molecule has 0 heterocycles. The van der Waals surface area contributed by atoms with Crippen molar-refractivity contribution >= 4 is 0 Å². The Morgan fingerprint density at radius 2 is 1.30 bits per heavy atom. The molecule has 10 heavy (non-hydrogen) atoms. The quantitative estimate of drug-likeness (QED) is 0.498. The molecule has 1 aliphatic rings. The molecule has 0 aromatic carbocycles. The Balaban J connectivity index is -0.0000000875. The summed E-state index contributed by atoms with van der Waals surface area (Å²) in [6, 6.07) is 0. The van der Waals surface area contributed by atoms with E-state index in [0.717, 1.165) is 0 Å². The molecule has 0 aromatic rings. The summed E-state index contributed by atoms with van der Waals surface area (Å²) in [5.41, 5.74) is 0. The van der Waals surface area contributed by atoms with E-state index in [2.05, 4.69) is 13.3 Å². The largest absolute Gasteiger partial charge is 2.00 e. The van der Waals surface area contributed by atoms with Crippen molar-refractivity contribution in [2.45, 2.75) is 46.5 Å². The van der Waals surface area contributed by atoms with Gasteiger partial charge in [-0.1, -0.05) is 26.7 Å². The minimum Gasteiger partial charge on any atom is -0.346 e. The van der Waals surface area contributed by atoms with E-state index in [1.165, 1.54) is 25.7 Å². The molecule has 1 heteroatoms. The second-order valence-corrected chi connectivity index (χ2v) is 1.57. The van der Waals surface area contributed by atoms with Crippen molar-refractivity contribution < 1.29 is 18.6 Å². The molecule has 1 saturated carbocycles. The fourth-order valence-electron chi connectivity index (χ4n) is 0.722. The minimum atomic E-state index is 0. The Morgan fingerprint density at radius 1 is 1.00 bits per heavy atom. The van der Waals surface area contributed by atoms with E-state index in [-0.39, 0.29) is 18.6 Å². The first-order chi connectivity index (χ1) is 4.50. The van der Waals surface area contributed by atoms with Crippen LogP contribution in [0.5, 0.6) is 0 Å². The Hall–Kier alpha value is 0.584. The van der Waals surface area contributed by atoms with Crippen molar-refractivity contribution in [1.29, 1.82) is 0 Å². The predicted octanol–water partition coefficient (Wildman–Crippen LogP) is 3.63. The second-order valence-electron chi connectivity index (χ2n) is 1.57. The van der Waals surface area contributed by atoms with Crippen LogP contribution in [0.2, 0.25) is 0 Å². The number of rotatable bonds is 0. The van der Waals surface area contributed by atoms with E-state index < -0.39 is 0 Å². The summed E-state index contributed by atoms with van der Waals surface area (Å²) in [6.07, 6.45) is 8.00. The smallest absolute Gasteiger partial charge is 0.346 e. The molecule has 0 nitrogen and oxygen atoms in total. The van der Waals surface area contributed by atoms with Gasteiger partial charge >= 0.3 is 18.6 Å². The van der Waals surface area contributed by atoms with Crippen LogP contribution < -0.4 is 0 Å². The number of hydrogen-bond donors (Lipinski definition) is 0. The van der Waals surface area contributed by atoms with Crippen LogP contribution in [0.15, 0.2) is 0 Å². The molecule has 0 amide bonds. The third kappa shape index (κ3) is 15.8. The zero-order valence-electron chi connectivity index (χ0n) is 7.56. The maximum absolute atomic E-state index is 3.25. The molecule has 0 spiro atoms. The summed E-state index contributed by atoms with van der Waals surface area (Å²) in [5, 5.41) is 0. The molecule has 0 atom stereocenters. The van der Waals surface area contributed by atoms with Crippen LogP contribution in [-0.4, -0.2) is 0 Å². The van der Waals surface area contributed by atoms with Gasteiger partial charge in [0.2, 0.25) is 0 Å². The Morgan fingerprint density at radius 3 is 1.40 bits per heavy atom. The van der Waals surface area contributed by atoms with E-state index in [1.54, 1.807) is 6.92 Å². The molecule has 0 saturated heterocycles. The number of hydrogen-bond acceptors (Lipinski definition) is 0. The summed E-state index contributed by atoms with van der Waals surface area (Å²) in [4.78, 5) is 0. The van der Waals surface area contributed by atoms with Crippen LogP contribution >= 0.6 is 0 Å². The van der Waals surface area contributed by atoms with Gasteiger partial charge in [0.05, 0.1) is 0 Å². The normalized spacial score (nSPS) is 13.2. The monoisotopic (exact) mass is 179 g/mol. The molecule has 0 aliphatic heterocycles. The van der Waals surface area contributed by atoms with Gasteiger partial charge in [-0.2, -0.15) is 19.8 Å².